The Balaban J connectivity index is 2.07. The highest BCUT2D eigenvalue weighted by molar-refractivity contribution is 6.19. The summed E-state index contributed by atoms with van der Waals surface area (Å²) in [5.41, 5.74) is 0.369. The Morgan fingerprint density at radius 3 is 2.85 bits per heavy atom. The maximum absolute atomic E-state index is 13.9. The second-order valence-electron chi connectivity index (χ2n) is 5.19. The number of alkyl halides is 1. The first-order valence-electron chi connectivity index (χ1n) is 7.25. The topological polar surface area (TPSA) is 9.23 Å². The van der Waals surface area contributed by atoms with Gasteiger partial charge in [-0.2, -0.15) is 0 Å². The van der Waals surface area contributed by atoms with E-state index in [2.05, 4.69) is 18.8 Å². The molecule has 1 aliphatic rings. The summed E-state index contributed by atoms with van der Waals surface area (Å²) in [5, 5.41) is 0. The highest BCUT2D eigenvalue weighted by Gasteiger charge is 2.25. The van der Waals surface area contributed by atoms with Crippen molar-refractivity contribution in [2.45, 2.75) is 45.1 Å². The predicted molar refractivity (Wildman–Crippen MR) is 80.7 cm³/mol. The summed E-state index contributed by atoms with van der Waals surface area (Å²) in [6.45, 7) is 2.19. The summed E-state index contributed by atoms with van der Waals surface area (Å²) in [6, 6.07) is 4.89. The molecule has 0 saturated heterocycles. The van der Waals surface area contributed by atoms with Gasteiger partial charge in [-0.15, -0.1) is 11.6 Å². The van der Waals surface area contributed by atoms with Gasteiger partial charge in [0.05, 0.1) is 11.4 Å². The molecule has 1 fully saturated rings. The second kappa shape index (κ2) is 7.55. The Hall–Kier alpha value is -1.20. The summed E-state index contributed by atoms with van der Waals surface area (Å²) in [4.78, 5) is 0. The molecule has 2 unspecified atom stereocenters. The minimum Gasteiger partial charge on any atom is -0.490 e. The van der Waals surface area contributed by atoms with Gasteiger partial charge in [-0.25, -0.2) is 4.39 Å². The van der Waals surface area contributed by atoms with Crippen LogP contribution in [0.25, 0.3) is 0 Å². The molecule has 1 aliphatic carbocycles. The van der Waals surface area contributed by atoms with Crippen molar-refractivity contribution in [1.29, 1.82) is 0 Å². The van der Waals surface area contributed by atoms with Crippen LogP contribution in [0.5, 0.6) is 5.75 Å². The zero-order valence-electron chi connectivity index (χ0n) is 11.8. The average Bonchev–Trinajstić information content (AvgIpc) is 2.47. The number of rotatable bonds is 3. The lowest BCUT2D eigenvalue weighted by atomic mass is 9.85. The Labute approximate surface area is 125 Å². The van der Waals surface area contributed by atoms with Crippen LogP contribution in [0.15, 0.2) is 18.2 Å². The Kier molecular flexibility index (Phi) is 5.73. The molecule has 3 heteroatoms. The standard InChI is InChI=1S/C17H20ClFO/c1-2-13-6-3-4-8-17(13)20-15-10-9-14(7-5-11-18)16(19)12-15/h9-10,12-13,17H,2-4,6,8,11H2,1H3. The van der Waals surface area contributed by atoms with E-state index < -0.39 is 0 Å². The molecule has 0 heterocycles. The molecule has 0 radical (unpaired) electrons. The molecule has 0 aliphatic heterocycles. The number of hydrogen-bond donors (Lipinski definition) is 0. The molecular weight excluding hydrogens is 275 g/mol. The van der Waals surface area contributed by atoms with Gasteiger partial charge in [-0.3, -0.25) is 0 Å². The van der Waals surface area contributed by atoms with Crippen LogP contribution in [0.4, 0.5) is 4.39 Å². The number of ether oxygens (including phenoxy) is 1. The smallest absolute Gasteiger partial charge is 0.142 e. The van der Waals surface area contributed by atoms with Gasteiger partial charge < -0.3 is 4.74 Å². The summed E-state index contributed by atoms with van der Waals surface area (Å²) >= 11 is 5.48. The third-order valence-electron chi connectivity index (χ3n) is 3.88. The molecule has 1 saturated carbocycles. The monoisotopic (exact) mass is 294 g/mol. The molecule has 0 amide bonds. The fourth-order valence-electron chi connectivity index (χ4n) is 2.77. The van der Waals surface area contributed by atoms with Gasteiger partial charge in [0.2, 0.25) is 0 Å². The van der Waals surface area contributed by atoms with Gasteiger partial charge in [-0.1, -0.05) is 25.2 Å². The lowest BCUT2D eigenvalue weighted by Gasteiger charge is -2.31. The van der Waals surface area contributed by atoms with Gasteiger partial charge in [0.1, 0.15) is 17.7 Å². The van der Waals surface area contributed by atoms with Gasteiger partial charge in [0.15, 0.2) is 0 Å². The zero-order valence-corrected chi connectivity index (χ0v) is 12.5. The van der Waals surface area contributed by atoms with Crippen molar-refractivity contribution in [3.05, 3.63) is 29.6 Å². The lowest BCUT2D eigenvalue weighted by Crippen LogP contribution is -2.29. The SMILES string of the molecule is CCC1CCCCC1Oc1ccc(C#CCCl)c(F)c1. The molecule has 0 aromatic heterocycles. The molecule has 108 valence electrons. The van der Waals surface area contributed by atoms with E-state index in [1.54, 1.807) is 12.1 Å². The lowest BCUT2D eigenvalue weighted by molar-refractivity contribution is 0.0900. The van der Waals surface area contributed by atoms with E-state index in [0.29, 0.717) is 17.2 Å². The molecule has 1 aromatic carbocycles. The number of benzene rings is 1. The normalized spacial score (nSPS) is 21.9. The van der Waals surface area contributed by atoms with Gasteiger partial charge in [-0.05, 0) is 43.7 Å². The van der Waals surface area contributed by atoms with Crippen LogP contribution in [0.1, 0.15) is 44.6 Å². The average molecular weight is 295 g/mol. The van der Waals surface area contributed by atoms with Crippen molar-refractivity contribution >= 4 is 11.6 Å². The van der Waals surface area contributed by atoms with Gasteiger partial charge >= 0.3 is 0 Å². The highest BCUT2D eigenvalue weighted by Crippen LogP contribution is 2.30. The summed E-state index contributed by atoms with van der Waals surface area (Å²) in [5.74, 6) is 6.41. The third-order valence-corrected chi connectivity index (χ3v) is 4.02. The summed E-state index contributed by atoms with van der Waals surface area (Å²) in [7, 11) is 0. The third kappa shape index (κ3) is 3.90. The maximum atomic E-state index is 13.9. The van der Waals surface area contributed by atoms with Crippen LogP contribution in [0.3, 0.4) is 0 Å². The van der Waals surface area contributed by atoms with Crippen molar-refractivity contribution in [1.82, 2.24) is 0 Å². The van der Waals surface area contributed by atoms with Crippen LogP contribution in [-0.2, 0) is 0 Å². The minimum atomic E-state index is -0.344. The molecule has 0 spiro atoms. The van der Waals surface area contributed by atoms with Crippen molar-refractivity contribution in [3.63, 3.8) is 0 Å². The molecule has 20 heavy (non-hydrogen) atoms. The molecular formula is C17H20ClFO. The first-order valence-corrected chi connectivity index (χ1v) is 7.79. The van der Waals surface area contributed by atoms with Crippen LogP contribution >= 0.6 is 11.6 Å². The van der Waals surface area contributed by atoms with Crippen LogP contribution in [0.2, 0.25) is 0 Å². The van der Waals surface area contributed by atoms with Crippen molar-refractivity contribution in [3.8, 4) is 17.6 Å². The quantitative estimate of drug-likeness (QED) is 0.577. The van der Waals surface area contributed by atoms with Crippen LogP contribution < -0.4 is 4.74 Å². The van der Waals surface area contributed by atoms with E-state index >= 15 is 0 Å². The van der Waals surface area contributed by atoms with Gasteiger partial charge in [0.25, 0.3) is 0 Å². The van der Waals surface area contributed by atoms with Crippen LogP contribution in [0, 0.1) is 23.6 Å². The van der Waals surface area contributed by atoms with E-state index in [-0.39, 0.29) is 17.8 Å². The van der Waals surface area contributed by atoms with Crippen molar-refractivity contribution in [2.75, 3.05) is 5.88 Å². The fourth-order valence-corrected chi connectivity index (χ4v) is 2.84. The van der Waals surface area contributed by atoms with Gasteiger partial charge in [0, 0.05) is 6.07 Å². The van der Waals surface area contributed by atoms with E-state index in [9.17, 15) is 4.39 Å². The number of hydrogen-bond acceptors (Lipinski definition) is 1. The largest absolute Gasteiger partial charge is 0.490 e. The molecule has 0 N–H and O–H groups in total. The first kappa shape index (κ1) is 15.2. The predicted octanol–water partition coefficient (Wildman–Crippen LogP) is 4.76. The van der Waals surface area contributed by atoms with E-state index in [1.807, 2.05) is 0 Å². The van der Waals surface area contributed by atoms with Crippen LogP contribution in [-0.4, -0.2) is 12.0 Å². The first-order chi connectivity index (χ1) is 9.74. The Bertz CT molecular complexity index is 503. The molecule has 2 atom stereocenters. The fraction of sp³-hybridized carbons (Fsp3) is 0.529. The minimum absolute atomic E-state index is 0.206. The van der Waals surface area contributed by atoms with E-state index in [1.165, 1.54) is 25.3 Å². The molecule has 0 bridgehead atoms. The Morgan fingerprint density at radius 2 is 2.15 bits per heavy atom. The summed E-state index contributed by atoms with van der Waals surface area (Å²) < 4.78 is 19.9. The summed E-state index contributed by atoms with van der Waals surface area (Å²) in [6.07, 6.45) is 6.08. The number of halogens is 2. The van der Waals surface area contributed by atoms with Crippen molar-refractivity contribution < 1.29 is 9.13 Å². The maximum Gasteiger partial charge on any atom is 0.142 e. The van der Waals surface area contributed by atoms with E-state index in [4.69, 9.17) is 16.3 Å². The van der Waals surface area contributed by atoms with Crippen molar-refractivity contribution in [2.24, 2.45) is 5.92 Å². The Morgan fingerprint density at radius 1 is 1.35 bits per heavy atom. The second-order valence-corrected chi connectivity index (χ2v) is 5.45. The highest BCUT2D eigenvalue weighted by atomic mass is 35.5. The van der Waals surface area contributed by atoms with E-state index in [0.717, 1.165) is 12.8 Å². The molecule has 1 nitrogen and oxygen atoms in total. The molecule has 1 aromatic rings. The molecule has 2 rings (SSSR count). The zero-order chi connectivity index (χ0) is 14.4.